The SMILES string of the molecule is CCN(CC)C1(C(O)c2ccccc2Cl)CCCC1. The van der Waals surface area contributed by atoms with Crippen LogP contribution in [0.25, 0.3) is 0 Å². The minimum atomic E-state index is -0.497. The van der Waals surface area contributed by atoms with E-state index in [1.54, 1.807) is 0 Å². The standard InChI is InChI=1S/C16H24ClNO/c1-3-18(4-2)16(11-7-8-12-16)15(19)13-9-5-6-10-14(13)17/h5-6,9-10,15,19H,3-4,7-8,11-12H2,1-2H3. The van der Waals surface area contributed by atoms with E-state index in [1.165, 1.54) is 12.8 Å². The zero-order valence-corrected chi connectivity index (χ0v) is 12.7. The Morgan fingerprint density at radius 1 is 1.21 bits per heavy atom. The number of halogens is 1. The fourth-order valence-corrected chi connectivity index (χ4v) is 3.83. The average Bonchev–Trinajstić information content (AvgIpc) is 2.90. The predicted octanol–water partition coefficient (Wildman–Crippen LogP) is 4.03. The first-order valence-corrected chi connectivity index (χ1v) is 7.71. The molecule has 1 aliphatic carbocycles. The van der Waals surface area contributed by atoms with Gasteiger partial charge in [0.15, 0.2) is 0 Å². The second kappa shape index (κ2) is 6.25. The van der Waals surface area contributed by atoms with Crippen molar-refractivity contribution in [1.29, 1.82) is 0 Å². The average molecular weight is 282 g/mol. The van der Waals surface area contributed by atoms with Gasteiger partial charge in [0.25, 0.3) is 0 Å². The molecule has 0 bridgehead atoms. The lowest BCUT2D eigenvalue weighted by molar-refractivity contribution is -0.0268. The van der Waals surface area contributed by atoms with E-state index in [-0.39, 0.29) is 5.54 Å². The van der Waals surface area contributed by atoms with E-state index in [2.05, 4.69) is 18.7 Å². The molecule has 2 rings (SSSR count). The van der Waals surface area contributed by atoms with Gasteiger partial charge >= 0.3 is 0 Å². The van der Waals surface area contributed by atoms with E-state index in [1.807, 2.05) is 24.3 Å². The highest BCUT2D eigenvalue weighted by molar-refractivity contribution is 6.31. The van der Waals surface area contributed by atoms with E-state index in [9.17, 15) is 5.11 Å². The summed E-state index contributed by atoms with van der Waals surface area (Å²) < 4.78 is 0. The topological polar surface area (TPSA) is 23.5 Å². The van der Waals surface area contributed by atoms with Gasteiger partial charge in [0, 0.05) is 10.6 Å². The predicted molar refractivity (Wildman–Crippen MR) is 80.5 cm³/mol. The zero-order chi connectivity index (χ0) is 13.9. The van der Waals surface area contributed by atoms with Crippen LogP contribution < -0.4 is 0 Å². The number of hydrogen-bond donors (Lipinski definition) is 1. The van der Waals surface area contributed by atoms with Gasteiger partial charge in [0.2, 0.25) is 0 Å². The van der Waals surface area contributed by atoms with Crippen LogP contribution in [0.15, 0.2) is 24.3 Å². The number of aliphatic hydroxyl groups excluding tert-OH is 1. The Hall–Kier alpha value is -0.570. The fraction of sp³-hybridized carbons (Fsp3) is 0.625. The molecule has 1 fully saturated rings. The molecule has 1 aromatic carbocycles. The van der Waals surface area contributed by atoms with Gasteiger partial charge in [-0.2, -0.15) is 0 Å². The minimum absolute atomic E-state index is 0.130. The molecular weight excluding hydrogens is 258 g/mol. The van der Waals surface area contributed by atoms with Gasteiger partial charge in [-0.25, -0.2) is 0 Å². The van der Waals surface area contributed by atoms with Crippen molar-refractivity contribution in [3.8, 4) is 0 Å². The number of hydrogen-bond acceptors (Lipinski definition) is 2. The summed E-state index contributed by atoms with van der Waals surface area (Å²) in [4.78, 5) is 2.41. The molecule has 0 saturated heterocycles. The maximum absolute atomic E-state index is 11.0. The molecule has 1 aliphatic rings. The molecule has 1 saturated carbocycles. The molecule has 0 spiro atoms. The number of nitrogens with zero attached hydrogens (tertiary/aromatic N) is 1. The summed E-state index contributed by atoms with van der Waals surface area (Å²) in [6.07, 6.45) is 4.00. The van der Waals surface area contributed by atoms with Crippen molar-refractivity contribution in [2.24, 2.45) is 0 Å². The van der Waals surface area contributed by atoms with Crippen LogP contribution in [0.1, 0.15) is 51.2 Å². The minimum Gasteiger partial charge on any atom is -0.386 e. The molecule has 2 nitrogen and oxygen atoms in total. The lowest BCUT2D eigenvalue weighted by Gasteiger charge is -2.44. The number of benzene rings is 1. The summed E-state index contributed by atoms with van der Waals surface area (Å²) >= 11 is 6.27. The quantitative estimate of drug-likeness (QED) is 0.881. The number of aliphatic hydroxyl groups is 1. The summed E-state index contributed by atoms with van der Waals surface area (Å²) in [5.41, 5.74) is 0.743. The normalized spacial score (nSPS) is 19.8. The summed E-state index contributed by atoms with van der Waals surface area (Å²) in [6, 6.07) is 7.69. The lowest BCUT2D eigenvalue weighted by Crippen LogP contribution is -2.51. The molecule has 1 unspecified atom stereocenters. The molecule has 3 heteroatoms. The van der Waals surface area contributed by atoms with E-state index in [4.69, 9.17) is 11.6 Å². The number of likely N-dealkylation sites (N-methyl/N-ethyl adjacent to an activating group) is 1. The van der Waals surface area contributed by atoms with Crippen LogP contribution in [0, 0.1) is 0 Å². The van der Waals surface area contributed by atoms with Crippen LogP contribution in [0.5, 0.6) is 0 Å². The third kappa shape index (κ3) is 2.67. The summed E-state index contributed by atoms with van der Waals surface area (Å²) in [6.45, 7) is 6.28. The van der Waals surface area contributed by atoms with Crippen molar-refractivity contribution in [3.63, 3.8) is 0 Å². The molecule has 1 N–H and O–H groups in total. The molecule has 0 radical (unpaired) electrons. The zero-order valence-electron chi connectivity index (χ0n) is 11.9. The van der Waals surface area contributed by atoms with Crippen molar-refractivity contribution in [2.45, 2.75) is 51.2 Å². The van der Waals surface area contributed by atoms with Crippen LogP contribution >= 0.6 is 11.6 Å². The Kier molecular flexibility index (Phi) is 4.88. The van der Waals surface area contributed by atoms with Crippen LogP contribution in [0.4, 0.5) is 0 Å². The Labute approximate surface area is 121 Å². The van der Waals surface area contributed by atoms with Gasteiger partial charge in [-0.05, 0) is 32.0 Å². The van der Waals surface area contributed by atoms with E-state index in [0.29, 0.717) is 5.02 Å². The molecular formula is C16H24ClNO. The largest absolute Gasteiger partial charge is 0.386 e. The first kappa shape index (κ1) is 14.8. The Morgan fingerprint density at radius 3 is 2.32 bits per heavy atom. The summed E-state index contributed by atoms with van der Waals surface area (Å²) in [7, 11) is 0. The van der Waals surface area contributed by atoms with Crippen LogP contribution in [0.2, 0.25) is 5.02 Å². The molecule has 19 heavy (non-hydrogen) atoms. The maximum Gasteiger partial charge on any atom is 0.0987 e. The van der Waals surface area contributed by atoms with Crippen molar-refractivity contribution in [3.05, 3.63) is 34.9 Å². The van der Waals surface area contributed by atoms with Crippen LogP contribution in [-0.4, -0.2) is 28.6 Å². The highest BCUT2D eigenvalue weighted by Crippen LogP contribution is 2.45. The highest BCUT2D eigenvalue weighted by Gasteiger charge is 2.45. The summed E-state index contributed by atoms with van der Waals surface area (Å²) in [5.74, 6) is 0. The monoisotopic (exact) mass is 281 g/mol. The van der Waals surface area contributed by atoms with Gasteiger partial charge in [0.05, 0.1) is 11.6 Å². The molecule has 0 amide bonds. The second-order valence-corrected chi connectivity index (χ2v) is 5.81. The molecule has 0 aliphatic heterocycles. The first-order chi connectivity index (χ1) is 9.15. The van der Waals surface area contributed by atoms with Gasteiger partial charge < -0.3 is 5.11 Å². The van der Waals surface area contributed by atoms with Crippen molar-refractivity contribution in [1.82, 2.24) is 4.90 Å². The molecule has 0 aromatic heterocycles. The Balaban J connectivity index is 2.37. The molecule has 1 atom stereocenters. The van der Waals surface area contributed by atoms with E-state index < -0.39 is 6.10 Å². The molecule has 106 valence electrons. The van der Waals surface area contributed by atoms with Gasteiger partial charge in [-0.15, -0.1) is 0 Å². The third-order valence-corrected chi connectivity index (χ3v) is 4.92. The van der Waals surface area contributed by atoms with Crippen molar-refractivity contribution < 1.29 is 5.11 Å². The van der Waals surface area contributed by atoms with Crippen LogP contribution in [0.3, 0.4) is 0 Å². The lowest BCUT2D eigenvalue weighted by atomic mass is 9.84. The maximum atomic E-state index is 11.0. The highest BCUT2D eigenvalue weighted by atomic mass is 35.5. The van der Waals surface area contributed by atoms with Crippen LogP contribution in [-0.2, 0) is 0 Å². The third-order valence-electron chi connectivity index (χ3n) is 4.57. The summed E-state index contributed by atoms with van der Waals surface area (Å²) in [5, 5.41) is 11.6. The fourth-order valence-electron chi connectivity index (χ4n) is 3.59. The first-order valence-electron chi connectivity index (χ1n) is 7.33. The number of rotatable bonds is 5. The van der Waals surface area contributed by atoms with E-state index in [0.717, 1.165) is 31.5 Å². The van der Waals surface area contributed by atoms with Gasteiger partial charge in [-0.3, -0.25) is 4.90 Å². The van der Waals surface area contributed by atoms with Crippen molar-refractivity contribution in [2.75, 3.05) is 13.1 Å². The van der Waals surface area contributed by atoms with Gasteiger partial charge in [0.1, 0.15) is 0 Å². The van der Waals surface area contributed by atoms with Gasteiger partial charge in [-0.1, -0.05) is 56.5 Å². The molecule has 0 heterocycles. The Morgan fingerprint density at radius 2 is 1.79 bits per heavy atom. The van der Waals surface area contributed by atoms with E-state index >= 15 is 0 Å². The van der Waals surface area contributed by atoms with Crippen molar-refractivity contribution >= 4 is 11.6 Å². The Bertz CT molecular complexity index is 411. The second-order valence-electron chi connectivity index (χ2n) is 5.41. The smallest absolute Gasteiger partial charge is 0.0987 e. The molecule has 1 aromatic rings.